The Morgan fingerprint density at radius 3 is 2.43 bits per heavy atom. The minimum atomic E-state index is -0.359. The van der Waals surface area contributed by atoms with Crippen LogP contribution in [-0.2, 0) is 0 Å². The molecule has 21 heavy (non-hydrogen) atoms. The lowest BCUT2D eigenvalue weighted by molar-refractivity contribution is 0.101. The van der Waals surface area contributed by atoms with Gasteiger partial charge < -0.3 is 4.90 Å². The van der Waals surface area contributed by atoms with Gasteiger partial charge in [-0.15, -0.1) is 0 Å². The van der Waals surface area contributed by atoms with Crippen molar-refractivity contribution in [1.82, 2.24) is 0 Å². The molecule has 2 rings (SSSR count). The number of para-hydroxylation sites is 2. The summed E-state index contributed by atoms with van der Waals surface area (Å²) in [5, 5.41) is 0. The van der Waals surface area contributed by atoms with Crippen LogP contribution in [-0.4, -0.2) is 12.3 Å². The van der Waals surface area contributed by atoms with Crippen molar-refractivity contribution < 1.29 is 9.18 Å². The number of halogens is 1. The lowest BCUT2D eigenvalue weighted by Gasteiger charge is -2.27. The van der Waals surface area contributed by atoms with E-state index >= 15 is 0 Å². The van der Waals surface area contributed by atoms with Crippen molar-refractivity contribution in [3.63, 3.8) is 0 Å². The molecule has 110 valence electrons. The van der Waals surface area contributed by atoms with Gasteiger partial charge in [0, 0.05) is 17.8 Å². The number of hydrogen-bond donors (Lipinski definition) is 0. The van der Waals surface area contributed by atoms with Crippen LogP contribution in [0.4, 0.5) is 15.8 Å². The average molecular weight is 285 g/mol. The predicted molar refractivity (Wildman–Crippen MR) is 84.8 cm³/mol. The summed E-state index contributed by atoms with van der Waals surface area (Å²) in [6.07, 6.45) is 1.94. The highest BCUT2D eigenvalue weighted by molar-refractivity contribution is 6.00. The van der Waals surface area contributed by atoms with Crippen molar-refractivity contribution in [3.8, 4) is 0 Å². The molecule has 0 N–H and O–H groups in total. The number of ketones is 1. The molecule has 0 heterocycles. The summed E-state index contributed by atoms with van der Waals surface area (Å²) in [6, 6.07) is 14.3. The Morgan fingerprint density at radius 1 is 1.10 bits per heavy atom. The molecule has 3 heteroatoms. The standard InChI is InChI=1S/C18H20FNO/c1-3-4-13-20(15-9-6-5-7-10-15)18-16(14(2)21)11-8-12-17(18)19/h5-12H,3-4,13H2,1-2H3. The van der Waals surface area contributed by atoms with Gasteiger partial charge in [0.05, 0.1) is 5.69 Å². The van der Waals surface area contributed by atoms with Gasteiger partial charge in [-0.05, 0) is 37.6 Å². The molecule has 2 aromatic rings. The van der Waals surface area contributed by atoms with E-state index in [0.717, 1.165) is 18.5 Å². The van der Waals surface area contributed by atoms with E-state index in [-0.39, 0.29) is 11.6 Å². The number of unbranched alkanes of at least 4 members (excludes halogenated alkanes) is 1. The summed E-state index contributed by atoms with van der Waals surface area (Å²) in [6.45, 7) is 4.25. The third-order valence-corrected chi connectivity index (χ3v) is 3.44. The summed E-state index contributed by atoms with van der Waals surface area (Å²) in [5.74, 6) is -0.482. The van der Waals surface area contributed by atoms with Gasteiger partial charge in [0.15, 0.2) is 5.78 Å². The molecule has 0 saturated heterocycles. The van der Waals surface area contributed by atoms with Gasteiger partial charge in [-0.2, -0.15) is 0 Å². The molecule has 0 aliphatic heterocycles. The second-order valence-electron chi connectivity index (χ2n) is 5.03. The van der Waals surface area contributed by atoms with E-state index in [4.69, 9.17) is 0 Å². The molecule has 0 unspecified atom stereocenters. The molecule has 0 spiro atoms. The minimum Gasteiger partial charge on any atom is -0.339 e. The number of carbonyl (C=O) groups is 1. The molecule has 0 atom stereocenters. The Hall–Kier alpha value is -2.16. The Balaban J connectivity index is 2.54. The molecule has 0 bridgehead atoms. The zero-order valence-corrected chi connectivity index (χ0v) is 12.5. The smallest absolute Gasteiger partial charge is 0.162 e. The predicted octanol–water partition coefficient (Wildman–Crippen LogP) is 4.97. The van der Waals surface area contributed by atoms with Crippen molar-refractivity contribution in [3.05, 3.63) is 59.9 Å². The topological polar surface area (TPSA) is 20.3 Å². The van der Waals surface area contributed by atoms with E-state index in [1.54, 1.807) is 12.1 Å². The number of hydrogen-bond acceptors (Lipinski definition) is 2. The van der Waals surface area contributed by atoms with Crippen LogP contribution in [0.3, 0.4) is 0 Å². The molecule has 0 aromatic heterocycles. The lowest BCUT2D eigenvalue weighted by Crippen LogP contribution is -2.22. The first-order valence-corrected chi connectivity index (χ1v) is 7.27. The average Bonchev–Trinajstić information content (AvgIpc) is 2.49. The second-order valence-corrected chi connectivity index (χ2v) is 5.03. The Bertz CT molecular complexity index is 610. The Morgan fingerprint density at radius 2 is 1.81 bits per heavy atom. The molecule has 2 nitrogen and oxygen atoms in total. The number of Topliss-reactive ketones (excluding diaryl/α,β-unsaturated/α-hetero) is 1. The van der Waals surface area contributed by atoms with Gasteiger partial charge in [0.1, 0.15) is 5.82 Å². The summed E-state index contributed by atoms with van der Waals surface area (Å²) in [4.78, 5) is 13.7. The number of rotatable bonds is 6. The number of anilines is 2. The van der Waals surface area contributed by atoms with Crippen LogP contribution in [0, 0.1) is 5.82 Å². The molecular formula is C18H20FNO. The normalized spacial score (nSPS) is 10.4. The molecule has 0 aliphatic carbocycles. The van der Waals surface area contributed by atoms with E-state index in [2.05, 4.69) is 6.92 Å². The van der Waals surface area contributed by atoms with E-state index < -0.39 is 0 Å². The molecular weight excluding hydrogens is 265 g/mol. The summed E-state index contributed by atoms with van der Waals surface area (Å²) in [5.41, 5.74) is 1.71. The van der Waals surface area contributed by atoms with E-state index in [9.17, 15) is 9.18 Å². The fourth-order valence-electron chi connectivity index (χ4n) is 2.37. The quantitative estimate of drug-likeness (QED) is 0.699. The van der Waals surface area contributed by atoms with Gasteiger partial charge in [0.2, 0.25) is 0 Å². The van der Waals surface area contributed by atoms with Crippen LogP contribution >= 0.6 is 0 Å². The van der Waals surface area contributed by atoms with Crippen molar-refractivity contribution in [2.75, 3.05) is 11.4 Å². The first-order valence-electron chi connectivity index (χ1n) is 7.27. The number of benzene rings is 2. The lowest BCUT2D eigenvalue weighted by atomic mass is 10.1. The highest BCUT2D eigenvalue weighted by atomic mass is 19.1. The monoisotopic (exact) mass is 285 g/mol. The van der Waals surface area contributed by atoms with Crippen LogP contribution in [0.1, 0.15) is 37.0 Å². The van der Waals surface area contributed by atoms with Crippen LogP contribution in [0.15, 0.2) is 48.5 Å². The van der Waals surface area contributed by atoms with Crippen molar-refractivity contribution in [1.29, 1.82) is 0 Å². The van der Waals surface area contributed by atoms with E-state index in [1.807, 2.05) is 35.2 Å². The second kappa shape index (κ2) is 7.02. The maximum Gasteiger partial charge on any atom is 0.162 e. The molecule has 0 fully saturated rings. The number of carbonyl (C=O) groups excluding carboxylic acids is 1. The fraction of sp³-hybridized carbons (Fsp3) is 0.278. The first kappa shape index (κ1) is 15.2. The first-order chi connectivity index (χ1) is 10.1. The zero-order chi connectivity index (χ0) is 15.2. The summed E-state index contributed by atoms with van der Waals surface area (Å²) >= 11 is 0. The molecule has 0 amide bonds. The minimum absolute atomic E-state index is 0.123. The number of nitrogens with zero attached hydrogens (tertiary/aromatic N) is 1. The van der Waals surface area contributed by atoms with Gasteiger partial charge >= 0.3 is 0 Å². The van der Waals surface area contributed by atoms with Gasteiger partial charge in [-0.3, -0.25) is 4.79 Å². The third kappa shape index (κ3) is 3.48. The largest absolute Gasteiger partial charge is 0.339 e. The fourth-order valence-corrected chi connectivity index (χ4v) is 2.37. The molecule has 0 saturated carbocycles. The highest BCUT2D eigenvalue weighted by Gasteiger charge is 2.19. The molecule has 0 aliphatic rings. The molecule has 2 aromatic carbocycles. The zero-order valence-electron chi connectivity index (χ0n) is 12.5. The Labute approximate surface area is 125 Å². The maximum atomic E-state index is 14.4. The van der Waals surface area contributed by atoms with Crippen LogP contribution in [0.25, 0.3) is 0 Å². The van der Waals surface area contributed by atoms with E-state index in [1.165, 1.54) is 13.0 Å². The van der Waals surface area contributed by atoms with Gasteiger partial charge in [-0.25, -0.2) is 4.39 Å². The van der Waals surface area contributed by atoms with Gasteiger partial charge in [-0.1, -0.05) is 37.6 Å². The highest BCUT2D eigenvalue weighted by Crippen LogP contribution is 2.31. The van der Waals surface area contributed by atoms with Crippen LogP contribution in [0.2, 0.25) is 0 Å². The van der Waals surface area contributed by atoms with Crippen LogP contribution < -0.4 is 4.90 Å². The SMILES string of the molecule is CCCCN(c1ccccc1)c1c(F)cccc1C(C)=O. The van der Waals surface area contributed by atoms with Crippen molar-refractivity contribution >= 4 is 17.2 Å². The molecule has 0 radical (unpaired) electrons. The third-order valence-electron chi connectivity index (χ3n) is 3.44. The summed E-state index contributed by atoms with van der Waals surface area (Å²) < 4.78 is 14.4. The van der Waals surface area contributed by atoms with Crippen molar-refractivity contribution in [2.45, 2.75) is 26.7 Å². The Kier molecular flexibility index (Phi) is 5.09. The van der Waals surface area contributed by atoms with Crippen LogP contribution in [0.5, 0.6) is 0 Å². The van der Waals surface area contributed by atoms with Crippen molar-refractivity contribution in [2.24, 2.45) is 0 Å². The van der Waals surface area contributed by atoms with Gasteiger partial charge in [0.25, 0.3) is 0 Å². The maximum absolute atomic E-state index is 14.4. The summed E-state index contributed by atoms with van der Waals surface area (Å²) in [7, 11) is 0. The van der Waals surface area contributed by atoms with E-state index in [0.29, 0.717) is 17.8 Å².